The Morgan fingerprint density at radius 2 is 1.93 bits per heavy atom. The Balaban J connectivity index is 1.48. The number of nitrogens with one attached hydrogen (secondary N) is 1. The van der Waals surface area contributed by atoms with Gasteiger partial charge in [0, 0.05) is 12.7 Å². The fraction of sp³-hybridized carbons (Fsp3) is 0.238. The third-order valence-electron chi connectivity index (χ3n) is 4.80. The molecule has 3 aromatic rings. The van der Waals surface area contributed by atoms with Crippen molar-refractivity contribution in [1.29, 1.82) is 0 Å². The second-order valence-electron chi connectivity index (χ2n) is 6.82. The maximum atomic E-state index is 13.0. The minimum atomic E-state index is -3.79. The molecule has 1 aromatic heterocycles. The van der Waals surface area contributed by atoms with Crippen LogP contribution in [0.4, 0.5) is 11.4 Å². The topological polar surface area (TPSA) is 93.5 Å². The Morgan fingerprint density at radius 3 is 2.77 bits per heavy atom. The van der Waals surface area contributed by atoms with Gasteiger partial charge in [-0.3, -0.25) is 9.10 Å². The number of benzene rings is 2. The number of anilines is 2. The van der Waals surface area contributed by atoms with Crippen LogP contribution in [0.15, 0.2) is 66.1 Å². The molecule has 1 aliphatic rings. The maximum absolute atomic E-state index is 13.0. The van der Waals surface area contributed by atoms with E-state index in [2.05, 4.69) is 10.3 Å². The third-order valence-corrected chi connectivity index (χ3v) is 6.49. The minimum Gasteiger partial charge on any atom is -0.492 e. The summed E-state index contributed by atoms with van der Waals surface area (Å²) in [6.45, 7) is 2.66. The fourth-order valence-electron chi connectivity index (χ4n) is 3.44. The summed E-state index contributed by atoms with van der Waals surface area (Å²) in [5.74, 6) is 0.268. The normalized spacial score (nSPS) is 13.2. The van der Waals surface area contributed by atoms with E-state index >= 15 is 0 Å². The van der Waals surface area contributed by atoms with Crippen LogP contribution in [-0.4, -0.2) is 37.0 Å². The summed E-state index contributed by atoms with van der Waals surface area (Å²) >= 11 is 0. The molecule has 8 nitrogen and oxygen atoms in total. The molecule has 30 heavy (non-hydrogen) atoms. The number of sulfonamides is 1. The zero-order valence-corrected chi connectivity index (χ0v) is 17.3. The quantitative estimate of drug-likeness (QED) is 0.627. The van der Waals surface area contributed by atoms with Crippen molar-refractivity contribution in [2.24, 2.45) is 0 Å². The molecule has 0 spiro atoms. The number of hydrogen-bond acceptors (Lipinski definition) is 5. The van der Waals surface area contributed by atoms with Gasteiger partial charge in [-0.2, -0.15) is 8.42 Å². The molecule has 9 heteroatoms. The lowest BCUT2D eigenvalue weighted by atomic mass is 10.2. The molecule has 1 aliphatic heterocycles. The predicted molar refractivity (Wildman–Crippen MR) is 113 cm³/mol. The predicted octanol–water partition coefficient (Wildman–Crippen LogP) is 2.67. The van der Waals surface area contributed by atoms with Gasteiger partial charge in [0.25, 0.3) is 10.0 Å². The van der Waals surface area contributed by atoms with E-state index in [0.29, 0.717) is 36.7 Å². The van der Waals surface area contributed by atoms with Gasteiger partial charge in [-0.1, -0.05) is 30.3 Å². The van der Waals surface area contributed by atoms with Crippen molar-refractivity contribution < 1.29 is 17.9 Å². The zero-order valence-electron chi connectivity index (χ0n) is 16.5. The monoisotopic (exact) mass is 426 g/mol. The van der Waals surface area contributed by atoms with Gasteiger partial charge in [-0.05, 0) is 37.1 Å². The highest BCUT2D eigenvalue weighted by atomic mass is 32.2. The molecule has 0 atom stereocenters. The molecule has 0 radical (unpaired) electrons. The van der Waals surface area contributed by atoms with Crippen LogP contribution in [-0.2, 0) is 27.8 Å². The highest BCUT2D eigenvalue weighted by Crippen LogP contribution is 2.32. The van der Waals surface area contributed by atoms with E-state index in [0.717, 1.165) is 5.56 Å². The van der Waals surface area contributed by atoms with Gasteiger partial charge in [-0.15, -0.1) is 0 Å². The van der Waals surface area contributed by atoms with Crippen LogP contribution < -0.4 is 14.4 Å². The van der Waals surface area contributed by atoms with Crippen LogP contribution in [0.3, 0.4) is 0 Å². The molecule has 2 heterocycles. The summed E-state index contributed by atoms with van der Waals surface area (Å²) in [7, 11) is -3.79. The molecule has 0 unspecified atom stereocenters. The van der Waals surface area contributed by atoms with E-state index < -0.39 is 10.0 Å². The van der Waals surface area contributed by atoms with E-state index in [1.165, 1.54) is 21.4 Å². The maximum Gasteiger partial charge on any atom is 0.283 e. The number of carbonyl (C=O) groups excluding carboxylic acids is 1. The molecule has 0 bridgehead atoms. The van der Waals surface area contributed by atoms with Crippen LogP contribution >= 0.6 is 0 Å². The van der Waals surface area contributed by atoms with Crippen LogP contribution in [0.5, 0.6) is 5.75 Å². The molecule has 156 valence electrons. The Hall–Kier alpha value is -3.33. The largest absolute Gasteiger partial charge is 0.492 e. The van der Waals surface area contributed by atoms with Gasteiger partial charge in [0.15, 0.2) is 5.03 Å². The molecule has 4 rings (SSSR count). The smallest absolute Gasteiger partial charge is 0.283 e. The van der Waals surface area contributed by atoms with Gasteiger partial charge in [0.2, 0.25) is 5.91 Å². The number of fused-ring (bicyclic) bond motifs is 1. The molecule has 0 fully saturated rings. The number of para-hydroxylation sites is 3. The summed E-state index contributed by atoms with van der Waals surface area (Å²) in [5, 5.41) is 2.71. The first kappa shape index (κ1) is 20.0. The van der Waals surface area contributed by atoms with Crippen LogP contribution in [0.25, 0.3) is 0 Å². The van der Waals surface area contributed by atoms with Crippen molar-refractivity contribution in [1.82, 2.24) is 9.55 Å². The number of ether oxygens (including phenoxy) is 1. The fourth-order valence-corrected chi connectivity index (χ4v) is 4.88. The average molecular weight is 426 g/mol. The first-order valence-electron chi connectivity index (χ1n) is 9.63. The summed E-state index contributed by atoms with van der Waals surface area (Å²) in [6, 6.07) is 14.6. The Bertz CT molecular complexity index is 1170. The molecule has 1 N–H and O–H groups in total. The first-order chi connectivity index (χ1) is 14.5. The van der Waals surface area contributed by atoms with E-state index in [-0.39, 0.29) is 17.5 Å². The molecule has 2 aromatic carbocycles. The first-order valence-corrected chi connectivity index (χ1v) is 11.1. The zero-order chi connectivity index (χ0) is 21.1. The molecule has 1 amide bonds. The lowest BCUT2D eigenvalue weighted by Crippen LogP contribution is -2.29. The van der Waals surface area contributed by atoms with Crippen molar-refractivity contribution >= 4 is 27.3 Å². The second-order valence-corrected chi connectivity index (χ2v) is 8.63. The number of nitrogens with zero attached hydrogens (tertiary/aromatic N) is 3. The summed E-state index contributed by atoms with van der Waals surface area (Å²) < 4.78 is 34.4. The highest BCUT2D eigenvalue weighted by molar-refractivity contribution is 7.92. The van der Waals surface area contributed by atoms with Crippen molar-refractivity contribution in [2.75, 3.05) is 22.8 Å². The average Bonchev–Trinajstić information content (AvgIpc) is 3.37. The van der Waals surface area contributed by atoms with Gasteiger partial charge in [-0.25, -0.2) is 4.98 Å². The minimum absolute atomic E-state index is 0.0699. The van der Waals surface area contributed by atoms with Crippen molar-refractivity contribution in [3.05, 3.63) is 66.6 Å². The molecule has 0 aliphatic carbocycles. The summed E-state index contributed by atoms with van der Waals surface area (Å²) in [4.78, 5) is 16.5. The molecule has 0 saturated carbocycles. The van der Waals surface area contributed by atoms with Crippen molar-refractivity contribution in [2.45, 2.75) is 24.9 Å². The lowest BCUT2D eigenvalue weighted by Gasteiger charge is -2.17. The van der Waals surface area contributed by atoms with Crippen LogP contribution in [0, 0.1) is 0 Å². The number of rotatable bonds is 7. The van der Waals surface area contributed by atoms with Crippen molar-refractivity contribution in [3.8, 4) is 5.75 Å². The Morgan fingerprint density at radius 1 is 1.17 bits per heavy atom. The van der Waals surface area contributed by atoms with E-state index in [4.69, 9.17) is 4.74 Å². The Kier molecular flexibility index (Phi) is 5.45. The van der Waals surface area contributed by atoms with Gasteiger partial charge >= 0.3 is 0 Å². The molecular formula is C21H22N4O4S. The number of amides is 1. The van der Waals surface area contributed by atoms with Crippen molar-refractivity contribution in [3.63, 3.8) is 0 Å². The summed E-state index contributed by atoms with van der Waals surface area (Å²) in [5.41, 5.74) is 2.23. The number of imidazole rings is 1. The van der Waals surface area contributed by atoms with Crippen LogP contribution in [0.1, 0.15) is 12.5 Å². The SMILES string of the molecule is CCOc1ccccc1NC(=O)Cn1cnc(S(=O)(=O)N2CCc3ccccc32)c1. The molecule has 0 saturated heterocycles. The standard InChI is InChI=1S/C21H22N4O4S/c1-2-29-19-10-6-4-8-17(19)23-20(26)13-24-14-21(22-15-24)30(27,28)25-12-11-16-7-3-5-9-18(16)25/h3-10,14-15H,2,11-13H2,1H3,(H,23,26). The lowest BCUT2D eigenvalue weighted by molar-refractivity contribution is -0.116. The molecular weight excluding hydrogens is 404 g/mol. The van der Waals surface area contributed by atoms with Gasteiger partial charge in [0.05, 0.1) is 24.3 Å². The highest BCUT2D eigenvalue weighted by Gasteiger charge is 2.32. The number of aromatic nitrogens is 2. The third kappa shape index (κ3) is 3.88. The number of carbonyl (C=O) groups is 1. The second kappa shape index (κ2) is 8.19. The van der Waals surface area contributed by atoms with E-state index in [1.54, 1.807) is 24.3 Å². The van der Waals surface area contributed by atoms with E-state index in [9.17, 15) is 13.2 Å². The number of hydrogen-bond donors (Lipinski definition) is 1. The van der Waals surface area contributed by atoms with Crippen LogP contribution in [0.2, 0.25) is 0 Å². The van der Waals surface area contributed by atoms with E-state index in [1.807, 2.05) is 31.2 Å². The summed E-state index contributed by atoms with van der Waals surface area (Å²) in [6.07, 6.45) is 3.39. The van der Waals surface area contributed by atoms with Gasteiger partial charge < -0.3 is 14.6 Å². The Labute approximate surface area is 175 Å². The van der Waals surface area contributed by atoms with Gasteiger partial charge in [0.1, 0.15) is 12.3 Å².